The number of para-hydroxylation sites is 8. The van der Waals surface area contributed by atoms with Gasteiger partial charge in [-0.15, -0.1) is 0 Å². The second kappa shape index (κ2) is 21.6. The zero-order valence-electron chi connectivity index (χ0n) is 55.4. The third-order valence-corrected chi connectivity index (χ3v) is 21.7. The van der Waals surface area contributed by atoms with Gasteiger partial charge in [-0.25, -0.2) is 0 Å². The molecule has 0 spiro atoms. The van der Waals surface area contributed by atoms with Crippen molar-refractivity contribution in [3.8, 4) is 34.1 Å². The van der Waals surface area contributed by atoms with Gasteiger partial charge in [-0.3, -0.25) is 0 Å². The summed E-state index contributed by atoms with van der Waals surface area (Å²) in [4.78, 5) is 0. The predicted molar refractivity (Wildman–Crippen MR) is 424 cm³/mol. The molecule has 0 bridgehead atoms. The zero-order valence-corrected chi connectivity index (χ0v) is 55.4. The summed E-state index contributed by atoms with van der Waals surface area (Å²) in [5.41, 5.74) is 28.5. The van der Waals surface area contributed by atoms with Crippen LogP contribution in [0, 0.1) is 20.8 Å². The van der Waals surface area contributed by atoms with E-state index in [9.17, 15) is 0 Å². The fourth-order valence-electron chi connectivity index (χ4n) is 17.9. The molecular formula is C93H63BN6. The Labute approximate surface area is 577 Å². The Morgan fingerprint density at radius 2 is 0.510 bits per heavy atom. The fraction of sp³-hybridized carbons (Fsp3) is 0.0323. The highest BCUT2D eigenvalue weighted by molar-refractivity contribution is 6.96. The monoisotopic (exact) mass is 1270 g/mol. The smallest absolute Gasteiger partial charge is 0.242 e. The number of aryl methyl sites for hydroxylation is 3. The Morgan fingerprint density at radius 3 is 0.970 bits per heavy atom. The summed E-state index contributed by atoms with van der Waals surface area (Å²) in [7, 11) is 0. The summed E-state index contributed by atoms with van der Waals surface area (Å²) in [6.45, 7) is 6.72. The molecule has 0 radical (unpaired) electrons. The lowest BCUT2D eigenvalue weighted by atomic mass is 9.35. The lowest BCUT2D eigenvalue weighted by molar-refractivity contribution is 1.15. The maximum atomic E-state index is 2.56. The summed E-state index contributed by atoms with van der Waals surface area (Å²) >= 11 is 0. The van der Waals surface area contributed by atoms with E-state index in [1.807, 2.05) is 0 Å². The van der Waals surface area contributed by atoms with Gasteiger partial charge in [-0.1, -0.05) is 233 Å². The van der Waals surface area contributed by atoms with E-state index in [4.69, 9.17) is 0 Å². The predicted octanol–water partition coefficient (Wildman–Crippen LogP) is 21.7. The summed E-state index contributed by atoms with van der Waals surface area (Å²) in [5.74, 6) is 0. The van der Waals surface area contributed by atoms with E-state index in [-0.39, 0.29) is 6.71 Å². The number of fused-ring (bicyclic) bond motifs is 20. The van der Waals surface area contributed by atoms with Crippen LogP contribution in [0.5, 0.6) is 0 Å². The molecule has 0 aliphatic rings. The first kappa shape index (κ1) is 56.4. The summed E-state index contributed by atoms with van der Waals surface area (Å²) in [5, 5.41) is 14.7. The number of benzene rings is 15. The molecule has 6 aromatic heterocycles. The van der Waals surface area contributed by atoms with Crippen molar-refractivity contribution < 1.29 is 0 Å². The van der Waals surface area contributed by atoms with Crippen molar-refractivity contribution in [2.75, 3.05) is 0 Å². The number of aromatic nitrogens is 6. The van der Waals surface area contributed by atoms with Crippen molar-refractivity contribution in [3.05, 3.63) is 344 Å². The van der Waals surface area contributed by atoms with Crippen LogP contribution < -0.4 is 16.4 Å². The van der Waals surface area contributed by atoms with Crippen LogP contribution in [0.1, 0.15) is 16.7 Å². The van der Waals surface area contributed by atoms with Crippen molar-refractivity contribution in [1.82, 2.24) is 27.4 Å². The Hall–Kier alpha value is -12.8. The SMILES string of the molecule is Cc1cc(C)c(B(c2cccc(-n3c4ccccc4c4ccc5c(c6ccccc6n5-c5ccc6c(c5)c5ccccc5n6-c5ccccc5)c43)c2)c2cccc(-n3c4ccccc4c4ccc5c6ccccc6n(-c6ccc7c(c6)c6ccccc6n7-c6ccccc6)c5c43)c2)c(C)c1. The number of hydrogen-bond donors (Lipinski definition) is 0. The summed E-state index contributed by atoms with van der Waals surface area (Å²) in [6.07, 6.45) is 0. The largest absolute Gasteiger partial charge is 0.309 e. The Bertz CT molecular complexity index is 6990. The average molecular weight is 1280 g/mol. The van der Waals surface area contributed by atoms with Gasteiger partial charge in [-0.2, -0.15) is 0 Å². The minimum Gasteiger partial charge on any atom is -0.309 e. The van der Waals surface area contributed by atoms with E-state index >= 15 is 0 Å². The highest BCUT2D eigenvalue weighted by Gasteiger charge is 2.30. The molecule has 0 saturated heterocycles. The van der Waals surface area contributed by atoms with Gasteiger partial charge in [-0.05, 0) is 148 Å². The Balaban J connectivity index is 0.773. The lowest BCUT2D eigenvalue weighted by Crippen LogP contribution is -2.54. The van der Waals surface area contributed by atoms with Crippen molar-refractivity contribution in [2.45, 2.75) is 20.8 Å². The van der Waals surface area contributed by atoms with Gasteiger partial charge >= 0.3 is 0 Å². The lowest BCUT2D eigenvalue weighted by Gasteiger charge is -2.23. The molecule has 468 valence electrons. The highest BCUT2D eigenvalue weighted by atomic mass is 15.1. The highest BCUT2D eigenvalue weighted by Crippen LogP contribution is 2.46. The van der Waals surface area contributed by atoms with Crippen LogP contribution in [0.2, 0.25) is 0 Å². The van der Waals surface area contributed by atoms with Crippen LogP contribution in [0.15, 0.2) is 328 Å². The topological polar surface area (TPSA) is 29.6 Å². The third-order valence-electron chi connectivity index (χ3n) is 21.7. The molecule has 21 aromatic rings. The average Bonchev–Trinajstić information content (AvgIpc) is 1.55. The van der Waals surface area contributed by atoms with Crippen LogP contribution in [-0.4, -0.2) is 34.1 Å². The van der Waals surface area contributed by atoms with Crippen molar-refractivity contribution in [3.63, 3.8) is 0 Å². The standard InChI is InChI=1S/C93H63BN6/c1-58-52-59(2)90(60(3)53-58)94(61-24-22-30-65(54-61)98-82-40-18-10-32-69(82)74-48-51-88-89(91(74)98)77-37-15-21-43-85(77)97(88)67-44-49-86-78(56-67)72-35-13-16-38-80(72)95(86)63-26-6-4-7-27-63)62-25-23-31-66(55-62)99-83-41-19-11-33-70(83)75-46-47-76-71-34-12-20-42-84(71)100(93(76)92(75)99)68-45-50-87-79(57-68)73-36-14-17-39-81(73)96(87)64-28-8-5-9-29-64/h4-57H,1-3H3. The minimum atomic E-state index is -0.137. The van der Waals surface area contributed by atoms with Crippen molar-refractivity contribution in [2.24, 2.45) is 0 Å². The van der Waals surface area contributed by atoms with E-state index in [2.05, 4.69) is 376 Å². The molecule has 100 heavy (non-hydrogen) atoms. The van der Waals surface area contributed by atoms with Gasteiger partial charge in [0.25, 0.3) is 0 Å². The van der Waals surface area contributed by atoms with Crippen LogP contribution in [0.25, 0.3) is 165 Å². The number of nitrogens with zero attached hydrogens (tertiary/aromatic N) is 6. The molecule has 0 saturated carbocycles. The molecule has 6 nitrogen and oxygen atoms in total. The van der Waals surface area contributed by atoms with E-state index in [1.54, 1.807) is 0 Å². The van der Waals surface area contributed by atoms with Crippen molar-refractivity contribution >= 4 is 154 Å². The molecule has 0 amide bonds. The van der Waals surface area contributed by atoms with Crippen molar-refractivity contribution in [1.29, 1.82) is 0 Å². The van der Waals surface area contributed by atoms with Gasteiger partial charge in [0.15, 0.2) is 0 Å². The second-order valence-electron chi connectivity index (χ2n) is 27.3. The summed E-state index contributed by atoms with van der Waals surface area (Å²) in [6, 6.07) is 122. The van der Waals surface area contributed by atoms with Crippen LogP contribution in [0.4, 0.5) is 0 Å². The normalized spacial score (nSPS) is 12.2. The molecule has 0 atom stereocenters. The van der Waals surface area contributed by atoms with E-state index < -0.39 is 0 Å². The first-order valence-electron chi connectivity index (χ1n) is 34.8. The van der Waals surface area contributed by atoms with E-state index in [1.165, 1.54) is 153 Å². The quantitative estimate of drug-likeness (QED) is 0.129. The maximum Gasteiger partial charge on any atom is 0.242 e. The van der Waals surface area contributed by atoms with Gasteiger partial charge in [0, 0.05) is 98.8 Å². The van der Waals surface area contributed by atoms with Gasteiger partial charge in [0.05, 0.1) is 66.2 Å². The third kappa shape index (κ3) is 8.08. The fourth-order valence-corrected chi connectivity index (χ4v) is 17.9. The molecule has 0 fully saturated rings. The van der Waals surface area contributed by atoms with Gasteiger partial charge < -0.3 is 27.4 Å². The van der Waals surface area contributed by atoms with Crippen LogP contribution in [-0.2, 0) is 0 Å². The van der Waals surface area contributed by atoms with Gasteiger partial charge in [0.2, 0.25) is 6.71 Å². The summed E-state index contributed by atoms with van der Waals surface area (Å²) < 4.78 is 15.0. The molecule has 6 heterocycles. The molecule has 0 aliphatic carbocycles. The van der Waals surface area contributed by atoms with Crippen LogP contribution >= 0.6 is 0 Å². The van der Waals surface area contributed by atoms with Gasteiger partial charge in [0.1, 0.15) is 0 Å². The minimum absolute atomic E-state index is 0.137. The molecule has 15 aromatic carbocycles. The molecule has 0 N–H and O–H groups in total. The molecule has 0 unspecified atom stereocenters. The van der Waals surface area contributed by atoms with E-state index in [0.29, 0.717) is 0 Å². The molecular weight excluding hydrogens is 1210 g/mol. The first-order chi connectivity index (χ1) is 49.4. The Morgan fingerprint density at radius 1 is 0.200 bits per heavy atom. The number of hydrogen-bond acceptors (Lipinski definition) is 0. The maximum absolute atomic E-state index is 2.56. The first-order valence-corrected chi connectivity index (χ1v) is 34.8. The zero-order chi connectivity index (χ0) is 66.0. The second-order valence-corrected chi connectivity index (χ2v) is 27.3. The Kier molecular flexibility index (Phi) is 12.2. The van der Waals surface area contributed by atoms with E-state index in [0.717, 1.165) is 45.2 Å². The number of rotatable bonds is 9. The molecule has 0 aliphatic heterocycles. The van der Waals surface area contributed by atoms with Crippen LogP contribution in [0.3, 0.4) is 0 Å². The molecule has 7 heteroatoms. The molecule has 21 rings (SSSR count).